The number of ketones is 1. The van der Waals surface area contributed by atoms with Crippen LogP contribution in [-0.4, -0.2) is 35.2 Å². The van der Waals surface area contributed by atoms with Gasteiger partial charge in [-0.15, -0.1) is 11.3 Å². The van der Waals surface area contributed by atoms with Crippen LogP contribution < -0.4 is 4.90 Å². The van der Waals surface area contributed by atoms with E-state index in [4.69, 9.17) is 16.3 Å². The van der Waals surface area contributed by atoms with Gasteiger partial charge in [-0.25, -0.2) is 9.78 Å². The van der Waals surface area contributed by atoms with E-state index < -0.39 is 5.97 Å². The lowest BCUT2D eigenvalue weighted by atomic mass is 9.85. The molecule has 2 aromatic heterocycles. The minimum atomic E-state index is -0.670. The Balaban J connectivity index is 1.31. The molecule has 0 bridgehead atoms. The number of fused-ring (bicyclic) bond motifs is 2. The first-order valence-electron chi connectivity index (χ1n) is 12.4. The van der Waals surface area contributed by atoms with Crippen LogP contribution in [0.2, 0.25) is 5.02 Å². The Kier molecular flexibility index (Phi) is 6.58. The fourth-order valence-corrected chi connectivity index (χ4v) is 5.95. The van der Waals surface area contributed by atoms with Crippen LogP contribution in [0.5, 0.6) is 0 Å². The molecule has 39 heavy (non-hydrogen) atoms. The third kappa shape index (κ3) is 4.56. The lowest BCUT2D eigenvalue weighted by molar-refractivity contribution is -0.122. The van der Waals surface area contributed by atoms with Crippen LogP contribution in [0.3, 0.4) is 0 Å². The number of thiophene rings is 1. The van der Waals surface area contributed by atoms with Crippen molar-refractivity contribution in [2.45, 2.75) is 12.8 Å². The minimum absolute atomic E-state index is 0.181. The molecule has 4 aromatic rings. The van der Waals surface area contributed by atoms with Crippen LogP contribution in [0.25, 0.3) is 22.2 Å². The molecule has 2 atom stereocenters. The van der Waals surface area contributed by atoms with Crippen molar-refractivity contribution < 1.29 is 23.9 Å². The molecule has 0 spiro atoms. The highest BCUT2D eigenvalue weighted by molar-refractivity contribution is 7.12. The number of esters is 1. The van der Waals surface area contributed by atoms with Gasteiger partial charge in [0.2, 0.25) is 17.6 Å². The lowest BCUT2D eigenvalue weighted by Crippen LogP contribution is -2.30. The number of allylic oxidation sites excluding steroid dienone is 2. The third-order valence-electron chi connectivity index (χ3n) is 7.07. The molecule has 1 fully saturated rings. The number of ether oxygens (including phenoxy) is 1. The number of hydrogen-bond acceptors (Lipinski definition) is 7. The highest BCUT2D eigenvalue weighted by Gasteiger charge is 2.47. The number of halogens is 1. The first-order chi connectivity index (χ1) is 18.9. The Labute approximate surface area is 232 Å². The molecule has 2 unspecified atom stereocenters. The summed E-state index contributed by atoms with van der Waals surface area (Å²) in [5.41, 5.74) is 2.24. The lowest BCUT2D eigenvalue weighted by Gasteiger charge is -2.15. The minimum Gasteiger partial charge on any atom is -0.454 e. The van der Waals surface area contributed by atoms with Crippen LogP contribution in [-0.2, 0) is 14.3 Å². The molecular weight excluding hydrogens is 536 g/mol. The van der Waals surface area contributed by atoms with Crippen molar-refractivity contribution in [1.82, 2.24) is 4.98 Å². The van der Waals surface area contributed by atoms with E-state index in [0.717, 1.165) is 0 Å². The van der Waals surface area contributed by atoms with Crippen molar-refractivity contribution in [1.29, 1.82) is 0 Å². The Bertz CT molecular complexity index is 1640. The average molecular weight is 557 g/mol. The van der Waals surface area contributed by atoms with Gasteiger partial charge < -0.3 is 4.74 Å². The monoisotopic (exact) mass is 556 g/mol. The second-order valence-electron chi connectivity index (χ2n) is 9.38. The first kappa shape index (κ1) is 25.2. The largest absolute Gasteiger partial charge is 0.454 e. The maximum absolute atomic E-state index is 13.1. The Hall–Kier alpha value is -4.14. The van der Waals surface area contributed by atoms with Gasteiger partial charge in [-0.3, -0.25) is 19.3 Å². The zero-order valence-electron chi connectivity index (χ0n) is 20.5. The molecule has 3 heterocycles. The number of Topliss-reactive ketones (excluding diaryl/α,β-unsaturated/α-hetero) is 1. The smallest absolute Gasteiger partial charge is 0.339 e. The summed E-state index contributed by atoms with van der Waals surface area (Å²) in [6.45, 7) is -0.386. The van der Waals surface area contributed by atoms with Crippen LogP contribution >= 0.6 is 22.9 Å². The number of rotatable bonds is 6. The topological polar surface area (TPSA) is 93.6 Å². The molecular formula is C30H21ClN2O5S. The van der Waals surface area contributed by atoms with Gasteiger partial charge in [0, 0.05) is 10.9 Å². The van der Waals surface area contributed by atoms with E-state index in [0.29, 0.717) is 50.6 Å². The molecule has 9 heteroatoms. The predicted molar refractivity (Wildman–Crippen MR) is 149 cm³/mol. The van der Waals surface area contributed by atoms with Gasteiger partial charge in [0.15, 0.2) is 6.61 Å². The Morgan fingerprint density at radius 1 is 0.974 bits per heavy atom. The van der Waals surface area contributed by atoms with E-state index in [2.05, 4.69) is 4.98 Å². The average Bonchev–Trinajstić information content (AvgIpc) is 3.59. The number of anilines is 1. The van der Waals surface area contributed by atoms with Crippen LogP contribution in [0.1, 0.15) is 32.9 Å². The van der Waals surface area contributed by atoms with Crippen LogP contribution in [0, 0.1) is 11.8 Å². The molecule has 6 rings (SSSR count). The Morgan fingerprint density at radius 2 is 1.69 bits per heavy atom. The number of aromatic nitrogens is 1. The quantitative estimate of drug-likeness (QED) is 0.123. The summed E-state index contributed by atoms with van der Waals surface area (Å²) < 4.78 is 5.37. The zero-order chi connectivity index (χ0) is 27.1. The van der Waals surface area contributed by atoms with Crippen LogP contribution in [0.4, 0.5) is 5.69 Å². The maximum Gasteiger partial charge on any atom is 0.339 e. The molecule has 1 aliphatic heterocycles. The second-order valence-corrected chi connectivity index (χ2v) is 10.7. The molecule has 0 N–H and O–H groups in total. The van der Waals surface area contributed by atoms with E-state index in [1.54, 1.807) is 66.0 Å². The highest BCUT2D eigenvalue weighted by Crippen LogP contribution is 2.38. The molecule has 1 aliphatic carbocycles. The van der Waals surface area contributed by atoms with Crippen molar-refractivity contribution in [3.8, 4) is 11.3 Å². The molecule has 2 aromatic carbocycles. The van der Waals surface area contributed by atoms with E-state index in [1.807, 2.05) is 12.2 Å². The van der Waals surface area contributed by atoms with Crippen molar-refractivity contribution in [2.75, 3.05) is 11.5 Å². The number of para-hydroxylation sites is 1. The number of hydrogen-bond donors (Lipinski definition) is 0. The maximum atomic E-state index is 13.1. The summed E-state index contributed by atoms with van der Waals surface area (Å²) in [4.78, 5) is 57.9. The number of benzene rings is 2. The fraction of sp³-hybridized carbons (Fsp3) is 0.167. The normalized spacial score (nSPS) is 18.4. The third-order valence-corrected chi connectivity index (χ3v) is 8.29. The van der Waals surface area contributed by atoms with Crippen LogP contribution in [0.15, 0.2) is 78.2 Å². The second kappa shape index (κ2) is 10.2. The van der Waals surface area contributed by atoms with E-state index in [-0.39, 0.29) is 41.6 Å². The molecule has 7 nitrogen and oxygen atoms in total. The van der Waals surface area contributed by atoms with Gasteiger partial charge in [-0.05, 0) is 48.6 Å². The number of amides is 2. The summed E-state index contributed by atoms with van der Waals surface area (Å²) in [5, 5.41) is 2.64. The zero-order valence-corrected chi connectivity index (χ0v) is 22.1. The summed E-state index contributed by atoms with van der Waals surface area (Å²) in [6.07, 6.45) is 5.05. The fourth-order valence-electron chi connectivity index (χ4n) is 5.08. The van der Waals surface area contributed by atoms with Gasteiger partial charge in [0.05, 0.1) is 44.2 Å². The molecule has 0 saturated carbocycles. The van der Waals surface area contributed by atoms with Crippen molar-refractivity contribution in [2.24, 2.45) is 11.8 Å². The van der Waals surface area contributed by atoms with Gasteiger partial charge in [0.25, 0.3) is 0 Å². The summed E-state index contributed by atoms with van der Waals surface area (Å²) >= 11 is 7.72. The van der Waals surface area contributed by atoms with Crippen molar-refractivity contribution in [3.63, 3.8) is 0 Å². The van der Waals surface area contributed by atoms with Gasteiger partial charge >= 0.3 is 5.97 Å². The van der Waals surface area contributed by atoms with Crippen molar-refractivity contribution in [3.05, 3.63) is 93.7 Å². The predicted octanol–water partition coefficient (Wildman–Crippen LogP) is 6.11. The first-order valence-corrected chi connectivity index (χ1v) is 13.6. The standard InChI is InChI=1S/C30H21ClN2O5S/c31-23-8-3-7-19-22(30(37)38-16-25(34)26-9-4-14-39-26)15-24(32-27(19)23)17-10-12-18(13-11-17)33-28(35)20-5-1-2-6-21(20)29(33)36/h1-4,7-15,20-21H,5-6,16H2. The van der Waals surface area contributed by atoms with Gasteiger partial charge in [-0.1, -0.05) is 54.1 Å². The van der Waals surface area contributed by atoms with Crippen molar-refractivity contribution >= 4 is 63.1 Å². The van der Waals surface area contributed by atoms with E-state index >= 15 is 0 Å². The summed E-state index contributed by atoms with van der Waals surface area (Å²) in [7, 11) is 0. The van der Waals surface area contributed by atoms with E-state index in [1.165, 1.54) is 16.2 Å². The number of imide groups is 1. The molecule has 1 saturated heterocycles. The molecule has 2 amide bonds. The number of nitrogens with zero attached hydrogens (tertiary/aromatic N) is 2. The SMILES string of the molecule is O=C(COC(=O)c1cc(-c2ccc(N3C(=O)C4CC=CCC4C3=O)cc2)nc2c(Cl)cccc12)c1cccs1. The number of carbonyl (C=O) groups excluding carboxylic acids is 4. The van der Waals surface area contributed by atoms with Gasteiger partial charge in [0.1, 0.15) is 0 Å². The molecule has 2 aliphatic rings. The highest BCUT2D eigenvalue weighted by atomic mass is 35.5. The summed E-state index contributed by atoms with van der Waals surface area (Å²) in [6, 6.07) is 17.0. The molecule has 0 radical (unpaired) electrons. The number of carbonyl (C=O) groups is 4. The summed E-state index contributed by atoms with van der Waals surface area (Å²) in [5.74, 6) is -1.94. The molecule has 194 valence electrons. The number of pyridine rings is 1. The van der Waals surface area contributed by atoms with Gasteiger partial charge in [-0.2, -0.15) is 0 Å². The van der Waals surface area contributed by atoms with E-state index in [9.17, 15) is 19.2 Å². The Morgan fingerprint density at radius 3 is 2.36 bits per heavy atom.